The summed E-state index contributed by atoms with van der Waals surface area (Å²) in [6.45, 7) is 0. The molecule has 4 rings (SSSR count). The zero-order chi connectivity index (χ0) is 21.3. The van der Waals surface area contributed by atoms with Gasteiger partial charge in [-0.1, -0.05) is 41.9 Å². The van der Waals surface area contributed by atoms with E-state index in [-0.39, 0.29) is 24.3 Å². The van der Waals surface area contributed by atoms with Crippen molar-refractivity contribution in [3.05, 3.63) is 76.2 Å². The molecule has 0 radical (unpaired) electrons. The first-order valence-electron chi connectivity index (χ1n) is 9.28. The monoisotopic (exact) mass is 420 g/mol. The van der Waals surface area contributed by atoms with Crippen LogP contribution in [0.5, 0.6) is 0 Å². The fourth-order valence-electron chi connectivity index (χ4n) is 3.46. The number of rotatable bonds is 5. The average molecular weight is 421 g/mol. The second kappa shape index (κ2) is 8.00. The fraction of sp³-hybridized carbons (Fsp3) is 0.0870. The molecule has 6 nitrogen and oxygen atoms in total. The van der Waals surface area contributed by atoms with E-state index in [9.17, 15) is 14.4 Å². The number of carboxylic acids is 1. The number of carbonyl (C=O) groups excluding carboxylic acids is 1. The molecular formula is C23H17ClN2O4. The van der Waals surface area contributed by atoms with E-state index in [2.05, 4.69) is 10.3 Å². The Hall–Kier alpha value is -3.64. The molecule has 1 amide bonds. The number of aromatic amines is 1. The standard InChI is InChI=1S/C23H17ClN2O4/c24-15-5-1-13-4-8-17-19(12-25-23(30)22(17)18(13)11-15)14-2-6-16(7-3-14)26-20(27)9-10-21(28)29/h1-8,11-12H,9-10H2,(H,25,30)(H,26,27)(H,28,29). The van der Waals surface area contributed by atoms with E-state index >= 15 is 0 Å². The van der Waals surface area contributed by atoms with Crippen molar-refractivity contribution in [2.75, 3.05) is 5.32 Å². The van der Waals surface area contributed by atoms with Gasteiger partial charge in [-0.25, -0.2) is 0 Å². The lowest BCUT2D eigenvalue weighted by Gasteiger charge is -2.10. The summed E-state index contributed by atoms with van der Waals surface area (Å²) in [5, 5.41) is 15.0. The normalized spacial score (nSPS) is 11.0. The van der Waals surface area contributed by atoms with Crippen molar-refractivity contribution in [2.24, 2.45) is 0 Å². The lowest BCUT2D eigenvalue weighted by atomic mass is 9.97. The van der Waals surface area contributed by atoms with Crippen molar-refractivity contribution in [3.63, 3.8) is 0 Å². The molecule has 150 valence electrons. The molecule has 0 aliphatic heterocycles. The van der Waals surface area contributed by atoms with E-state index < -0.39 is 5.97 Å². The quantitative estimate of drug-likeness (QED) is 0.403. The summed E-state index contributed by atoms with van der Waals surface area (Å²) >= 11 is 6.15. The first-order valence-corrected chi connectivity index (χ1v) is 9.66. The first kappa shape index (κ1) is 19.7. The minimum absolute atomic E-state index is 0.0860. The van der Waals surface area contributed by atoms with Crippen LogP contribution in [0.2, 0.25) is 5.02 Å². The fourth-order valence-corrected chi connectivity index (χ4v) is 3.64. The smallest absolute Gasteiger partial charge is 0.303 e. The second-order valence-electron chi connectivity index (χ2n) is 6.90. The van der Waals surface area contributed by atoms with Gasteiger partial charge in [-0.05, 0) is 46.0 Å². The maximum absolute atomic E-state index is 12.6. The Bertz CT molecular complexity index is 1340. The number of H-pyrrole nitrogens is 1. The number of hydrogen-bond acceptors (Lipinski definition) is 3. The topological polar surface area (TPSA) is 99.3 Å². The number of hydrogen-bond donors (Lipinski definition) is 3. The Kier molecular flexibility index (Phi) is 5.25. The van der Waals surface area contributed by atoms with Crippen LogP contribution < -0.4 is 10.9 Å². The van der Waals surface area contributed by atoms with Gasteiger partial charge in [0.15, 0.2) is 0 Å². The number of aliphatic carboxylic acids is 1. The van der Waals surface area contributed by atoms with E-state index in [1.807, 2.05) is 30.3 Å². The summed E-state index contributed by atoms with van der Waals surface area (Å²) in [6.07, 6.45) is 1.37. The molecule has 30 heavy (non-hydrogen) atoms. The van der Waals surface area contributed by atoms with Crippen LogP contribution in [-0.4, -0.2) is 22.0 Å². The molecule has 0 aliphatic carbocycles. The van der Waals surface area contributed by atoms with E-state index in [1.54, 1.807) is 30.5 Å². The predicted octanol–water partition coefficient (Wildman–Crippen LogP) is 4.81. The van der Waals surface area contributed by atoms with Gasteiger partial charge in [0, 0.05) is 28.9 Å². The SMILES string of the molecule is O=C(O)CCC(=O)Nc1ccc(-c2c[nH]c(=O)c3c2ccc2ccc(Cl)cc23)cc1. The number of amides is 1. The highest BCUT2D eigenvalue weighted by atomic mass is 35.5. The third-order valence-corrected chi connectivity index (χ3v) is 5.13. The summed E-state index contributed by atoms with van der Waals surface area (Å²) < 4.78 is 0. The van der Waals surface area contributed by atoms with Crippen molar-refractivity contribution in [3.8, 4) is 11.1 Å². The Balaban J connectivity index is 1.71. The van der Waals surface area contributed by atoms with Gasteiger partial charge in [0.2, 0.25) is 5.91 Å². The number of benzene rings is 3. The van der Waals surface area contributed by atoms with Gasteiger partial charge in [-0.15, -0.1) is 0 Å². The number of carboxylic acid groups (broad SMARTS) is 1. The highest BCUT2D eigenvalue weighted by Gasteiger charge is 2.11. The lowest BCUT2D eigenvalue weighted by Crippen LogP contribution is -2.13. The third-order valence-electron chi connectivity index (χ3n) is 4.89. The summed E-state index contributed by atoms with van der Waals surface area (Å²) in [4.78, 5) is 37.8. The zero-order valence-corrected chi connectivity index (χ0v) is 16.5. The van der Waals surface area contributed by atoms with Gasteiger partial charge < -0.3 is 15.4 Å². The number of anilines is 1. The van der Waals surface area contributed by atoms with Crippen LogP contribution in [0.25, 0.3) is 32.7 Å². The van der Waals surface area contributed by atoms with Gasteiger partial charge in [-0.3, -0.25) is 14.4 Å². The van der Waals surface area contributed by atoms with Crippen LogP contribution in [0.3, 0.4) is 0 Å². The molecule has 7 heteroatoms. The summed E-state index contributed by atoms with van der Waals surface area (Å²) in [5.41, 5.74) is 2.08. The number of halogens is 1. The number of nitrogens with one attached hydrogen (secondary N) is 2. The van der Waals surface area contributed by atoms with Gasteiger partial charge in [0.05, 0.1) is 11.8 Å². The summed E-state index contributed by atoms with van der Waals surface area (Å²) in [5.74, 6) is -1.37. The molecule has 3 aromatic carbocycles. The van der Waals surface area contributed by atoms with Crippen molar-refractivity contribution < 1.29 is 14.7 Å². The molecule has 0 unspecified atom stereocenters. The Morgan fingerprint density at radius 1 is 0.967 bits per heavy atom. The molecule has 1 heterocycles. The highest BCUT2D eigenvalue weighted by molar-refractivity contribution is 6.32. The van der Waals surface area contributed by atoms with Crippen LogP contribution in [0.1, 0.15) is 12.8 Å². The molecule has 0 atom stereocenters. The predicted molar refractivity (Wildman–Crippen MR) is 118 cm³/mol. The molecular weight excluding hydrogens is 404 g/mol. The molecule has 3 N–H and O–H groups in total. The molecule has 0 saturated heterocycles. The van der Waals surface area contributed by atoms with E-state index in [1.165, 1.54) is 0 Å². The molecule has 0 fully saturated rings. The molecule has 0 spiro atoms. The van der Waals surface area contributed by atoms with Crippen LogP contribution in [0, 0.1) is 0 Å². The summed E-state index contributed by atoms with van der Waals surface area (Å²) in [6, 6.07) is 16.5. The summed E-state index contributed by atoms with van der Waals surface area (Å²) in [7, 11) is 0. The van der Waals surface area contributed by atoms with E-state index in [0.29, 0.717) is 16.1 Å². The molecule has 1 aromatic heterocycles. The Labute approximate surface area is 176 Å². The molecule has 0 bridgehead atoms. The van der Waals surface area contributed by atoms with E-state index in [0.717, 1.165) is 27.3 Å². The highest BCUT2D eigenvalue weighted by Crippen LogP contribution is 2.32. The van der Waals surface area contributed by atoms with Crippen molar-refractivity contribution in [2.45, 2.75) is 12.8 Å². The average Bonchev–Trinajstić information content (AvgIpc) is 2.73. The minimum Gasteiger partial charge on any atom is -0.481 e. The maximum Gasteiger partial charge on any atom is 0.303 e. The number of pyridine rings is 1. The molecule has 0 aliphatic rings. The van der Waals surface area contributed by atoms with Gasteiger partial charge in [0.1, 0.15) is 0 Å². The zero-order valence-electron chi connectivity index (χ0n) is 15.7. The number of carbonyl (C=O) groups is 2. The largest absolute Gasteiger partial charge is 0.481 e. The maximum atomic E-state index is 12.6. The van der Waals surface area contributed by atoms with Gasteiger partial charge >= 0.3 is 5.97 Å². The van der Waals surface area contributed by atoms with Crippen LogP contribution in [0.4, 0.5) is 5.69 Å². The van der Waals surface area contributed by atoms with Crippen molar-refractivity contribution in [1.29, 1.82) is 0 Å². The van der Waals surface area contributed by atoms with Crippen molar-refractivity contribution >= 4 is 50.7 Å². The Morgan fingerprint density at radius 2 is 1.70 bits per heavy atom. The molecule has 0 saturated carbocycles. The Morgan fingerprint density at radius 3 is 2.43 bits per heavy atom. The van der Waals surface area contributed by atoms with Crippen molar-refractivity contribution in [1.82, 2.24) is 4.98 Å². The molecule has 4 aromatic rings. The second-order valence-corrected chi connectivity index (χ2v) is 7.34. The van der Waals surface area contributed by atoms with Crippen LogP contribution >= 0.6 is 11.6 Å². The number of aromatic nitrogens is 1. The van der Waals surface area contributed by atoms with Crippen LogP contribution in [-0.2, 0) is 9.59 Å². The van der Waals surface area contributed by atoms with Crippen LogP contribution in [0.15, 0.2) is 65.6 Å². The van der Waals surface area contributed by atoms with Gasteiger partial charge in [-0.2, -0.15) is 0 Å². The third kappa shape index (κ3) is 3.90. The lowest BCUT2D eigenvalue weighted by molar-refractivity contribution is -0.138. The first-order chi connectivity index (χ1) is 14.4. The number of fused-ring (bicyclic) bond motifs is 3. The minimum atomic E-state index is -1.01. The van der Waals surface area contributed by atoms with Gasteiger partial charge in [0.25, 0.3) is 5.56 Å². The van der Waals surface area contributed by atoms with E-state index in [4.69, 9.17) is 16.7 Å².